The summed E-state index contributed by atoms with van der Waals surface area (Å²) >= 11 is 0. The van der Waals surface area contributed by atoms with Crippen molar-refractivity contribution in [2.75, 3.05) is 0 Å². The number of aromatic amines is 2. The summed E-state index contributed by atoms with van der Waals surface area (Å²) < 4.78 is 0. The highest BCUT2D eigenvalue weighted by molar-refractivity contribution is 5.93. The largest absolute Gasteiger partial charge is 0.353 e. The molecule has 1 aromatic carbocycles. The molecule has 0 fully saturated rings. The first kappa shape index (κ1) is 9.05. The highest BCUT2D eigenvalue weighted by Gasteiger charge is 2.22. The molecule has 2 N–H and O–H groups in total. The highest BCUT2D eigenvalue weighted by atomic mass is 15.1. The zero-order valence-electron chi connectivity index (χ0n) is 9.67. The maximum atomic E-state index is 4.15. The summed E-state index contributed by atoms with van der Waals surface area (Å²) in [7, 11) is 0. The molecule has 0 atom stereocenters. The van der Waals surface area contributed by atoms with Gasteiger partial charge >= 0.3 is 0 Å². The minimum Gasteiger partial charge on any atom is -0.353 e. The fourth-order valence-electron chi connectivity index (χ4n) is 2.87. The van der Waals surface area contributed by atoms with Crippen LogP contribution >= 0.6 is 0 Å². The molecule has 0 unspecified atom stereocenters. The number of nitrogens with one attached hydrogen (secondary N) is 2. The fraction of sp³-hybridized carbons (Fsp3) is 0.214. The molecule has 3 nitrogen and oxygen atoms in total. The Morgan fingerprint density at radius 3 is 3.06 bits per heavy atom. The Hall–Kier alpha value is -2.03. The Balaban J connectivity index is 2.14. The van der Waals surface area contributed by atoms with Crippen molar-refractivity contribution in [2.24, 2.45) is 0 Å². The van der Waals surface area contributed by atoms with Gasteiger partial charge in [-0.25, -0.2) is 0 Å². The van der Waals surface area contributed by atoms with Gasteiger partial charge in [0.05, 0.1) is 17.6 Å². The van der Waals surface area contributed by atoms with E-state index >= 15 is 0 Å². The van der Waals surface area contributed by atoms with Crippen molar-refractivity contribution in [3.63, 3.8) is 0 Å². The smallest absolute Gasteiger partial charge is 0.0847 e. The molecule has 0 spiro atoms. The molecule has 0 aliphatic heterocycles. The zero-order valence-corrected chi connectivity index (χ0v) is 9.67. The normalized spacial score (nSPS) is 13.7. The van der Waals surface area contributed by atoms with Gasteiger partial charge in [-0.1, -0.05) is 18.2 Å². The summed E-state index contributed by atoms with van der Waals surface area (Å²) in [6.07, 6.45) is 4.13. The quantitative estimate of drug-likeness (QED) is 0.604. The number of hydrogen-bond acceptors (Lipinski definition) is 1. The molecule has 0 radical (unpaired) electrons. The van der Waals surface area contributed by atoms with E-state index in [-0.39, 0.29) is 0 Å². The summed E-state index contributed by atoms with van der Waals surface area (Å²) in [6, 6.07) is 6.49. The number of hydrogen-bond donors (Lipinski definition) is 2. The molecule has 2 heterocycles. The number of aromatic nitrogens is 3. The second-order valence-corrected chi connectivity index (χ2v) is 4.75. The van der Waals surface area contributed by atoms with Crippen LogP contribution in [0.2, 0.25) is 0 Å². The third kappa shape index (κ3) is 1.08. The van der Waals surface area contributed by atoms with Crippen molar-refractivity contribution in [2.45, 2.75) is 19.8 Å². The maximum absolute atomic E-state index is 4.15. The van der Waals surface area contributed by atoms with Gasteiger partial charge in [-0.3, -0.25) is 5.10 Å². The molecule has 2 aromatic heterocycles. The van der Waals surface area contributed by atoms with Crippen molar-refractivity contribution in [3.8, 4) is 11.4 Å². The number of para-hydroxylation sites is 1. The molecule has 0 saturated carbocycles. The van der Waals surface area contributed by atoms with Crippen LogP contribution in [-0.4, -0.2) is 15.2 Å². The van der Waals surface area contributed by atoms with Crippen LogP contribution in [0.25, 0.3) is 22.3 Å². The van der Waals surface area contributed by atoms with E-state index < -0.39 is 0 Å². The van der Waals surface area contributed by atoms with Gasteiger partial charge in [0.2, 0.25) is 0 Å². The number of benzene rings is 1. The molecule has 0 amide bonds. The van der Waals surface area contributed by atoms with Gasteiger partial charge in [0.15, 0.2) is 0 Å². The van der Waals surface area contributed by atoms with Crippen LogP contribution in [0.1, 0.15) is 16.7 Å². The Kier molecular flexibility index (Phi) is 1.60. The van der Waals surface area contributed by atoms with Crippen molar-refractivity contribution in [1.29, 1.82) is 0 Å². The summed E-state index contributed by atoms with van der Waals surface area (Å²) in [5.41, 5.74) is 7.72. The molecular weight excluding hydrogens is 210 g/mol. The van der Waals surface area contributed by atoms with Crippen molar-refractivity contribution in [3.05, 3.63) is 41.1 Å². The Morgan fingerprint density at radius 2 is 2.12 bits per heavy atom. The number of nitrogens with zero attached hydrogens (tertiary/aromatic N) is 1. The monoisotopic (exact) mass is 223 g/mol. The Bertz CT molecular complexity index is 718. The minimum absolute atomic E-state index is 1.08. The molecule has 1 aliphatic rings. The molecule has 0 saturated heterocycles. The van der Waals surface area contributed by atoms with Crippen LogP contribution in [0.3, 0.4) is 0 Å². The third-order valence-electron chi connectivity index (χ3n) is 3.76. The maximum Gasteiger partial charge on any atom is 0.0847 e. The van der Waals surface area contributed by atoms with Gasteiger partial charge < -0.3 is 4.98 Å². The van der Waals surface area contributed by atoms with E-state index in [0.717, 1.165) is 12.8 Å². The second-order valence-electron chi connectivity index (χ2n) is 4.75. The fourth-order valence-corrected chi connectivity index (χ4v) is 2.87. The van der Waals surface area contributed by atoms with Gasteiger partial charge in [-0.05, 0) is 36.5 Å². The van der Waals surface area contributed by atoms with Crippen LogP contribution in [-0.2, 0) is 12.8 Å². The number of fused-ring (bicyclic) bond motifs is 5. The molecular formula is C14H13N3. The van der Waals surface area contributed by atoms with Crippen LogP contribution in [0.15, 0.2) is 24.4 Å². The first-order chi connectivity index (χ1) is 8.34. The number of H-pyrrole nitrogens is 2. The second kappa shape index (κ2) is 3.00. The van der Waals surface area contributed by atoms with E-state index in [4.69, 9.17) is 0 Å². The van der Waals surface area contributed by atoms with E-state index in [9.17, 15) is 0 Å². The van der Waals surface area contributed by atoms with Crippen molar-refractivity contribution >= 4 is 10.9 Å². The topological polar surface area (TPSA) is 44.5 Å². The van der Waals surface area contributed by atoms with Crippen LogP contribution in [0, 0.1) is 6.92 Å². The van der Waals surface area contributed by atoms with Crippen LogP contribution in [0.4, 0.5) is 0 Å². The summed E-state index contributed by atoms with van der Waals surface area (Å²) in [5, 5.41) is 8.62. The summed E-state index contributed by atoms with van der Waals surface area (Å²) in [5.74, 6) is 0. The zero-order chi connectivity index (χ0) is 11.4. The first-order valence-corrected chi connectivity index (χ1v) is 5.97. The SMILES string of the molecule is Cc1cccc2c3c([nH]c12)-c1[nH]ncc1CC3. The van der Waals surface area contributed by atoms with Crippen molar-refractivity contribution < 1.29 is 0 Å². The lowest BCUT2D eigenvalue weighted by atomic mass is 9.94. The average molecular weight is 223 g/mol. The lowest BCUT2D eigenvalue weighted by Gasteiger charge is -2.10. The first-order valence-electron chi connectivity index (χ1n) is 5.97. The van der Waals surface area contributed by atoms with Crippen LogP contribution in [0.5, 0.6) is 0 Å². The third-order valence-corrected chi connectivity index (χ3v) is 3.76. The van der Waals surface area contributed by atoms with E-state index in [1.54, 1.807) is 0 Å². The molecule has 0 bridgehead atoms. The highest BCUT2D eigenvalue weighted by Crippen LogP contribution is 2.36. The summed E-state index contributed by atoms with van der Waals surface area (Å²) in [4.78, 5) is 3.56. The molecule has 84 valence electrons. The Labute approximate surface area is 98.9 Å². The molecule has 3 heteroatoms. The standard InChI is InChI=1S/C14H13N3/c1-8-3-2-4-10-11-6-5-9-7-15-17-13(9)14(11)16-12(8)10/h2-4,7,16H,5-6H2,1H3,(H,15,17). The van der Waals surface area contributed by atoms with E-state index in [0.29, 0.717) is 0 Å². The van der Waals surface area contributed by atoms with Gasteiger partial charge in [-0.2, -0.15) is 5.10 Å². The molecule has 17 heavy (non-hydrogen) atoms. The minimum atomic E-state index is 1.08. The van der Waals surface area contributed by atoms with E-state index in [2.05, 4.69) is 40.3 Å². The average Bonchev–Trinajstić information content (AvgIpc) is 2.91. The summed E-state index contributed by atoms with van der Waals surface area (Å²) in [6.45, 7) is 2.15. The van der Waals surface area contributed by atoms with Gasteiger partial charge in [0.25, 0.3) is 0 Å². The van der Waals surface area contributed by atoms with Crippen molar-refractivity contribution in [1.82, 2.24) is 15.2 Å². The Morgan fingerprint density at radius 1 is 1.18 bits per heavy atom. The number of rotatable bonds is 0. The predicted molar refractivity (Wildman–Crippen MR) is 68.0 cm³/mol. The predicted octanol–water partition coefficient (Wildman–Crippen LogP) is 2.97. The number of aryl methyl sites for hydroxylation is 3. The van der Waals surface area contributed by atoms with Gasteiger partial charge in [0.1, 0.15) is 0 Å². The van der Waals surface area contributed by atoms with E-state index in [1.807, 2.05) is 6.20 Å². The van der Waals surface area contributed by atoms with E-state index in [1.165, 1.54) is 39.0 Å². The van der Waals surface area contributed by atoms with Gasteiger partial charge in [-0.15, -0.1) is 0 Å². The lowest BCUT2D eigenvalue weighted by molar-refractivity contribution is 0.947. The van der Waals surface area contributed by atoms with Gasteiger partial charge in [0, 0.05) is 10.9 Å². The van der Waals surface area contributed by atoms with Crippen LogP contribution < -0.4 is 0 Å². The lowest BCUT2D eigenvalue weighted by Crippen LogP contribution is -2.00. The molecule has 1 aliphatic carbocycles. The molecule has 4 rings (SSSR count). The molecule has 3 aromatic rings.